The number of carbonyl (C=O) groups excluding carboxylic acids is 6. The van der Waals surface area contributed by atoms with Gasteiger partial charge in [-0.05, 0) is 75.1 Å². The average Bonchev–Trinajstić information content (AvgIpc) is 0.809. The van der Waals surface area contributed by atoms with E-state index in [-0.39, 0.29) is 101 Å². The van der Waals surface area contributed by atoms with Crippen LogP contribution in [0.15, 0.2) is 12.7 Å². The second-order valence-corrected chi connectivity index (χ2v) is 29.3. The average molecular weight is 1790 g/mol. The summed E-state index contributed by atoms with van der Waals surface area (Å²) in [7, 11) is 0. The molecule has 0 aromatic heterocycles. The summed E-state index contributed by atoms with van der Waals surface area (Å²) < 4.78 is 225. The van der Waals surface area contributed by atoms with Gasteiger partial charge in [0, 0.05) is 58.7 Å². The van der Waals surface area contributed by atoms with E-state index in [0.29, 0.717) is 26.4 Å². The van der Waals surface area contributed by atoms with Gasteiger partial charge in [-0.3, -0.25) is 19.2 Å². The van der Waals surface area contributed by atoms with E-state index in [9.17, 15) is 94.6 Å². The van der Waals surface area contributed by atoms with Crippen molar-refractivity contribution in [2.45, 2.75) is 260 Å². The number of aliphatic hydroxyl groups excluding tert-OH is 2. The molecule has 0 heterocycles. The van der Waals surface area contributed by atoms with Crippen molar-refractivity contribution in [2.24, 2.45) is 0 Å². The van der Waals surface area contributed by atoms with Gasteiger partial charge in [0.25, 0.3) is 5.24 Å². The number of ether oxygens (including phenoxy) is 6. The second kappa shape index (κ2) is 83.7. The number of aliphatic hydroxyl groups is 2. The molecule has 35 heteroatoms. The predicted molar refractivity (Wildman–Crippen MR) is 433 cm³/mol. The predicted octanol–water partition coefficient (Wildman–Crippen LogP) is 21.0. The molecule has 2 N–H and O–H groups in total. The van der Waals surface area contributed by atoms with Crippen molar-refractivity contribution < 1.29 is 164 Å². The zero-order chi connectivity index (χ0) is 85.6. The van der Waals surface area contributed by atoms with Crippen LogP contribution in [0, 0.1) is 87.3 Å². The van der Waals surface area contributed by atoms with E-state index in [1.54, 1.807) is 13.8 Å². The number of thioether (sulfide) groups is 2. The first-order chi connectivity index (χ1) is 54.0. The van der Waals surface area contributed by atoms with Gasteiger partial charge in [-0.25, -0.2) is 75.4 Å². The van der Waals surface area contributed by atoms with Crippen LogP contribution in [0.25, 0.3) is 0 Å². The van der Waals surface area contributed by atoms with Gasteiger partial charge in [-0.2, -0.15) is 12.6 Å². The van der Waals surface area contributed by atoms with Crippen LogP contribution in [0.5, 0.6) is 0 Å². The first-order valence-electron chi connectivity index (χ1n) is 38.3. The summed E-state index contributed by atoms with van der Waals surface area (Å²) in [6.07, 6.45) is 43.4. The number of esters is 2. The molecule has 0 bridgehead atoms. The number of halogens is 16. The Labute approximate surface area is 725 Å². The van der Waals surface area contributed by atoms with E-state index in [4.69, 9.17) is 29.2 Å². The molecule has 0 spiro atoms. The number of allylic oxidation sites excluding steroid dienone is 1. The first kappa shape index (κ1) is 123. The molecule has 0 fully saturated rings. The molecule has 3 aromatic rings. The van der Waals surface area contributed by atoms with Crippen molar-refractivity contribution in [1.29, 1.82) is 0 Å². The number of unbranched alkanes of at least 4 members (excludes halogenated alkanes) is 31. The SMILES string of the molecule is C.C.C=CCCCCCCCCCOCCO.CC(=O)S.CC(=O)SCCCCCCCCCCCOCCO.CC(=O)SCCCCCCCCCCCOCCOC(=O)c1c(F)c(F)c(F)c(F)c1F.O=C(Cl)c1c(F)c(F)c(F)c(F)c1F.O=C(OCCOCCCCCCCCCCCS)c1c(F)c(F)c(F)c(F)c1F.[H-].[Na+]. The molecule has 670 valence electrons. The van der Waals surface area contributed by atoms with Crippen LogP contribution < -0.4 is 29.6 Å². The maximum Gasteiger partial charge on any atom is 1.00 e. The van der Waals surface area contributed by atoms with Gasteiger partial charge in [0.1, 0.15) is 29.9 Å². The number of carbonyl (C=O) groups is 6. The molecule has 3 aromatic carbocycles. The molecule has 0 aliphatic heterocycles. The molecule has 0 saturated heterocycles. The van der Waals surface area contributed by atoms with Gasteiger partial charge in [-0.1, -0.05) is 211 Å². The molecular weight excluding hydrogens is 1670 g/mol. The maximum absolute atomic E-state index is 13.5. The van der Waals surface area contributed by atoms with E-state index in [2.05, 4.69) is 52.9 Å². The summed E-state index contributed by atoms with van der Waals surface area (Å²) >= 11 is 15.0. The molecule has 3 rings (SSSR count). The molecule has 0 amide bonds. The van der Waals surface area contributed by atoms with Gasteiger partial charge >= 0.3 is 41.5 Å². The maximum atomic E-state index is 13.5. The molecule has 14 nitrogen and oxygen atoms in total. The minimum atomic E-state index is -2.33. The van der Waals surface area contributed by atoms with Crippen molar-refractivity contribution in [3.8, 4) is 0 Å². The summed E-state index contributed by atoms with van der Waals surface area (Å²) in [4.78, 5) is 64.4. The summed E-state index contributed by atoms with van der Waals surface area (Å²) in [5.41, 5.74) is -4.87. The summed E-state index contributed by atoms with van der Waals surface area (Å²) in [6.45, 7) is 11.2. The normalized spacial score (nSPS) is 10.4. The Balaban J connectivity index is -0.000000262. The third kappa shape index (κ3) is 64.3. The van der Waals surface area contributed by atoms with Gasteiger partial charge in [0.15, 0.2) is 85.2 Å². The van der Waals surface area contributed by atoms with Crippen molar-refractivity contribution in [3.05, 3.63) is 117 Å². The van der Waals surface area contributed by atoms with Crippen molar-refractivity contribution in [1.82, 2.24) is 0 Å². The molecule has 0 saturated carbocycles. The van der Waals surface area contributed by atoms with Gasteiger partial charge in [0.05, 0.1) is 39.6 Å². The third-order valence-electron chi connectivity index (χ3n) is 15.7. The Morgan fingerprint density at radius 2 is 0.552 bits per heavy atom. The number of benzene rings is 3. The molecule has 0 aliphatic rings. The smallest absolute Gasteiger partial charge is 1.00 e. The minimum absolute atomic E-state index is 0. The van der Waals surface area contributed by atoms with Crippen LogP contribution in [0.2, 0.25) is 0 Å². The van der Waals surface area contributed by atoms with Crippen molar-refractivity contribution in [2.75, 3.05) is 96.5 Å². The van der Waals surface area contributed by atoms with Crippen molar-refractivity contribution in [3.63, 3.8) is 0 Å². The third-order valence-corrected chi connectivity index (χ3v) is 18.1. The zero-order valence-electron chi connectivity index (χ0n) is 67.2. The van der Waals surface area contributed by atoms with Crippen LogP contribution in [-0.2, 0) is 42.8 Å². The molecule has 0 aliphatic carbocycles. The first-order valence-corrected chi connectivity index (χ1v) is 41.7. The van der Waals surface area contributed by atoms with Gasteiger partial charge < -0.3 is 40.1 Å². The fourth-order valence-corrected chi connectivity index (χ4v) is 11.5. The molecule has 0 radical (unpaired) electrons. The fraction of sp³-hybridized carbons (Fsp3) is 0.679. The van der Waals surface area contributed by atoms with E-state index < -0.39 is 121 Å². The molecule has 0 unspecified atom stereocenters. The van der Waals surface area contributed by atoms with E-state index >= 15 is 0 Å². The van der Waals surface area contributed by atoms with Crippen LogP contribution in [0.3, 0.4) is 0 Å². The van der Waals surface area contributed by atoms with Crippen LogP contribution in [-0.4, -0.2) is 139 Å². The summed E-state index contributed by atoms with van der Waals surface area (Å²) in [5, 5.41) is 15.5. The van der Waals surface area contributed by atoms with Gasteiger partial charge in [-0.15, -0.1) is 19.2 Å². The van der Waals surface area contributed by atoms with Crippen LogP contribution in [0.1, 0.15) is 293 Å². The Kier molecular flexibility index (Phi) is 88.9. The largest absolute Gasteiger partial charge is 1.00 e. The zero-order valence-corrected chi connectivity index (χ0v) is 72.4. The quantitative estimate of drug-likeness (QED) is 0.00479. The molecular formula is C81H125ClF15NaO14S4. The van der Waals surface area contributed by atoms with E-state index in [1.807, 2.05) is 6.08 Å². The fourth-order valence-electron chi connectivity index (χ4n) is 9.86. The monoisotopic (exact) mass is 1790 g/mol. The van der Waals surface area contributed by atoms with E-state index in [1.165, 1.54) is 165 Å². The van der Waals surface area contributed by atoms with Crippen molar-refractivity contribution >= 4 is 92.9 Å². The summed E-state index contributed by atoms with van der Waals surface area (Å²) in [5.74, 6) is -34.0. The Morgan fingerprint density at radius 3 is 0.776 bits per heavy atom. The summed E-state index contributed by atoms with van der Waals surface area (Å²) in [6, 6.07) is 0. The van der Waals surface area contributed by atoms with Crippen LogP contribution in [0.4, 0.5) is 65.9 Å². The second-order valence-electron chi connectivity index (χ2n) is 25.3. The standard InChI is InChI=1S/C22H29F5O4S.C20H27F5O3S.C15H30O3S.C13H26O2.C7ClF5O.C2H4OS.2CH4.Na.H/c1-15(28)32-14-10-8-6-4-2-3-5-7-9-11-30-12-13-31-22(29)16-17(23)19(25)21(27)20(26)18(16)24;21-15-14(16(22)18(24)19(25)17(15)23)20(26)28-12-11-27-10-8-6-4-2-1-3-5-7-9-13-29;1-15(17)19-14-10-8-6-4-2-3-5-7-9-12-18-13-11-16;1-2-3-4-5-6-7-8-9-10-12-15-13-11-14;8-7(14)1-2(9)4(11)6(13)5(12)3(1)10;1-2(3)4;;;;/h2-14H2,1H3;29H,1-13H2;16H,2-14H2,1H3;2,14H,1,3-13H2;;1H3,(H,3,4);2*1H4;;/q;;;;;;;;+1;-1. The Morgan fingerprint density at radius 1 is 0.345 bits per heavy atom. The van der Waals surface area contributed by atoms with Crippen LogP contribution >= 0.6 is 60.4 Å². The molecule has 0 atom stereocenters. The van der Waals surface area contributed by atoms with Gasteiger partial charge in [0.2, 0.25) is 17.5 Å². The minimum Gasteiger partial charge on any atom is -1.00 e. The topological polar surface area (TPSA) is 198 Å². The Bertz CT molecular complexity index is 3010. The molecule has 116 heavy (non-hydrogen) atoms. The number of thiol groups is 2. The number of rotatable bonds is 58. The Hall–Kier alpha value is -3.58. The number of hydrogen-bond acceptors (Lipinski definition) is 17. The number of hydrogen-bond donors (Lipinski definition) is 4. The van der Waals surface area contributed by atoms with E-state index in [0.717, 1.165) is 120 Å².